The number of carboxylic acid groups (broad SMARTS) is 1. The summed E-state index contributed by atoms with van der Waals surface area (Å²) in [7, 11) is 0. The summed E-state index contributed by atoms with van der Waals surface area (Å²) in [5, 5.41) is 9.44. The molecule has 0 fully saturated rings. The average molecular weight is 420 g/mol. The minimum atomic E-state index is -1.33. The highest BCUT2D eigenvalue weighted by molar-refractivity contribution is 6.27. The third-order valence-electron chi connectivity index (χ3n) is 4.26. The van der Waals surface area contributed by atoms with Gasteiger partial charge < -0.3 is 21.3 Å². The molecule has 9 nitrogen and oxygen atoms in total. The molecule has 0 aromatic heterocycles. The van der Waals surface area contributed by atoms with E-state index in [2.05, 4.69) is 4.99 Å². The highest BCUT2D eigenvalue weighted by Crippen LogP contribution is 2.22. The highest BCUT2D eigenvalue weighted by Gasteiger charge is 2.35. The van der Waals surface area contributed by atoms with Gasteiger partial charge in [-0.3, -0.25) is 14.7 Å². The number of aryl methyl sites for hydroxylation is 1. The zero-order valence-corrected chi connectivity index (χ0v) is 17.2. The summed E-state index contributed by atoms with van der Waals surface area (Å²) in [5.74, 6) is -2.70. The molecule has 5 N–H and O–H groups in total. The van der Waals surface area contributed by atoms with Crippen LogP contribution in [0.2, 0.25) is 0 Å². The van der Waals surface area contributed by atoms with Crippen LogP contribution in [0, 0.1) is 12.7 Å². The Labute approximate surface area is 173 Å². The Morgan fingerprint density at radius 2 is 1.90 bits per heavy atom. The van der Waals surface area contributed by atoms with Crippen molar-refractivity contribution >= 4 is 29.4 Å². The van der Waals surface area contributed by atoms with E-state index in [0.717, 1.165) is 4.90 Å². The summed E-state index contributed by atoms with van der Waals surface area (Å²) in [6, 6.07) is 2.64. The molecule has 162 valence electrons. The van der Waals surface area contributed by atoms with Crippen molar-refractivity contribution in [3.63, 3.8) is 0 Å². The molecule has 0 saturated heterocycles. The zero-order chi connectivity index (χ0) is 22.8. The van der Waals surface area contributed by atoms with Crippen molar-refractivity contribution in [2.75, 3.05) is 13.1 Å². The fourth-order valence-corrected chi connectivity index (χ4v) is 2.85. The molecule has 30 heavy (non-hydrogen) atoms. The molecular formula is C20H25FN4O5. The predicted molar refractivity (Wildman–Crippen MR) is 108 cm³/mol. The number of nitrogens with two attached hydrogens (primary N) is 2. The molecule has 1 atom stereocenters. The third kappa shape index (κ3) is 5.34. The van der Waals surface area contributed by atoms with Crippen LogP contribution in [0.5, 0.6) is 0 Å². The van der Waals surface area contributed by atoms with Crippen LogP contribution >= 0.6 is 0 Å². The lowest BCUT2D eigenvalue weighted by Gasteiger charge is -2.32. The number of aliphatic carboxylic acids is 1. The van der Waals surface area contributed by atoms with Gasteiger partial charge in [0, 0.05) is 0 Å². The second-order valence-electron chi connectivity index (χ2n) is 7.91. The minimum absolute atomic E-state index is 0.0634. The fourth-order valence-electron chi connectivity index (χ4n) is 2.85. The van der Waals surface area contributed by atoms with E-state index in [1.165, 1.54) is 25.1 Å². The van der Waals surface area contributed by atoms with Gasteiger partial charge in [-0.1, -0.05) is 0 Å². The maximum absolute atomic E-state index is 13.6. The number of hydrogen-bond acceptors (Lipinski definition) is 6. The predicted octanol–water partition coefficient (Wildman–Crippen LogP) is 1.43. The van der Waals surface area contributed by atoms with Gasteiger partial charge in [0.05, 0.1) is 30.1 Å². The van der Waals surface area contributed by atoms with Crippen LogP contribution in [0.15, 0.2) is 28.8 Å². The first kappa shape index (κ1) is 22.9. The first-order chi connectivity index (χ1) is 13.8. The Morgan fingerprint density at radius 3 is 2.40 bits per heavy atom. The third-order valence-corrected chi connectivity index (χ3v) is 4.26. The van der Waals surface area contributed by atoms with Crippen LogP contribution in [-0.4, -0.2) is 58.4 Å². The van der Waals surface area contributed by atoms with Gasteiger partial charge in [-0.25, -0.2) is 14.0 Å². The fraction of sp³-hybridized carbons (Fsp3) is 0.400. The summed E-state index contributed by atoms with van der Waals surface area (Å²) >= 11 is 0. The van der Waals surface area contributed by atoms with Crippen LogP contribution in [0.25, 0.3) is 5.70 Å². The smallest absolute Gasteiger partial charge is 0.410 e. The van der Waals surface area contributed by atoms with Gasteiger partial charge in [0.25, 0.3) is 5.91 Å². The largest absolute Gasteiger partial charge is 0.480 e. The Hall–Kier alpha value is -3.43. The lowest BCUT2D eigenvalue weighted by atomic mass is 9.99. The molecule has 1 aromatic rings. The summed E-state index contributed by atoms with van der Waals surface area (Å²) in [4.78, 5) is 41.5. The van der Waals surface area contributed by atoms with Gasteiger partial charge in [0.15, 0.2) is 6.04 Å². The number of primary amides is 1. The second kappa shape index (κ2) is 8.52. The second-order valence-corrected chi connectivity index (χ2v) is 7.91. The summed E-state index contributed by atoms with van der Waals surface area (Å²) < 4.78 is 18.9. The summed E-state index contributed by atoms with van der Waals surface area (Å²) in [6.07, 6.45) is -0.763. The van der Waals surface area contributed by atoms with E-state index < -0.39 is 35.4 Å². The highest BCUT2D eigenvalue weighted by atomic mass is 19.1. The molecule has 0 radical (unpaired) electrons. The molecule has 0 saturated carbocycles. The summed E-state index contributed by atoms with van der Waals surface area (Å²) in [6.45, 7) is 6.07. The molecule has 2 amide bonds. The monoisotopic (exact) mass is 420 g/mol. The number of amides is 2. The number of rotatable bonds is 4. The van der Waals surface area contributed by atoms with Gasteiger partial charge in [-0.2, -0.15) is 0 Å². The van der Waals surface area contributed by atoms with E-state index in [9.17, 15) is 23.9 Å². The first-order valence-electron chi connectivity index (χ1n) is 9.14. The van der Waals surface area contributed by atoms with E-state index in [-0.39, 0.29) is 30.1 Å². The number of aliphatic imine (C=N–C) groups is 1. The SMILES string of the molecule is Cc1cc(C(N)=C(C(N)=O)C2=NC(C(=O)O)CN(C(=O)OC(C)(C)C)C2)ccc1F. The van der Waals surface area contributed by atoms with Crippen molar-refractivity contribution in [2.24, 2.45) is 16.5 Å². The lowest BCUT2D eigenvalue weighted by molar-refractivity contribution is -0.138. The molecule has 1 aliphatic rings. The van der Waals surface area contributed by atoms with Crippen LogP contribution in [0.3, 0.4) is 0 Å². The first-order valence-corrected chi connectivity index (χ1v) is 9.14. The Kier molecular flexibility index (Phi) is 6.49. The Balaban J connectivity index is 2.53. The number of carbonyl (C=O) groups is 3. The molecule has 1 aromatic carbocycles. The normalized spacial score (nSPS) is 17.7. The molecule has 1 aliphatic heterocycles. The number of ether oxygens (including phenoxy) is 1. The van der Waals surface area contributed by atoms with Gasteiger partial charge >= 0.3 is 12.1 Å². The van der Waals surface area contributed by atoms with Gasteiger partial charge in [-0.15, -0.1) is 0 Å². The molecule has 10 heteroatoms. The molecule has 2 rings (SSSR count). The van der Waals surface area contributed by atoms with E-state index >= 15 is 0 Å². The van der Waals surface area contributed by atoms with Crippen molar-refractivity contribution in [1.82, 2.24) is 4.90 Å². The number of carboxylic acids is 1. The van der Waals surface area contributed by atoms with Crippen LogP contribution in [-0.2, 0) is 14.3 Å². The maximum Gasteiger partial charge on any atom is 0.410 e. The van der Waals surface area contributed by atoms with E-state index in [1.54, 1.807) is 20.8 Å². The quantitative estimate of drug-likeness (QED) is 0.628. The maximum atomic E-state index is 13.6. The van der Waals surface area contributed by atoms with Crippen molar-refractivity contribution in [3.8, 4) is 0 Å². The average Bonchev–Trinajstić information content (AvgIpc) is 2.62. The van der Waals surface area contributed by atoms with Gasteiger partial charge in [-0.05, 0) is 57.0 Å². The molecule has 0 bridgehead atoms. The van der Waals surface area contributed by atoms with Crippen molar-refractivity contribution < 1.29 is 28.6 Å². The van der Waals surface area contributed by atoms with E-state index in [1.807, 2.05) is 0 Å². The van der Waals surface area contributed by atoms with Crippen LogP contribution in [0.4, 0.5) is 9.18 Å². The lowest BCUT2D eigenvalue weighted by Crippen LogP contribution is -2.50. The molecule has 1 heterocycles. The Morgan fingerprint density at radius 1 is 1.27 bits per heavy atom. The van der Waals surface area contributed by atoms with Crippen molar-refractivity contribution in [1.29, 1.82) is 0 Å². The number of nitrogens with zero attached hydrogens (tertiary/aromatic N) is 2. The van der Waals surface area contributed by atoms with Gasteiger partial charge in [0.1, 0.15) is 11.4 Å². The topological polar surface area (TPSA) is 148 Å². The van der Waals surface area contributed by atoms with Gasteiger partial charge in [0.2, 0.25) is 0 Å². The standard InChI is InChI=1S/C20H25FN4O5/c1-10-7-11(5-6-12(10)21)16(22)15(17(23)26)13-8-25(9-14(24-13)18(27)28)19(29)30-20(2,3)4/h5-7,14H,8-9,22H2,1-4H3,(H2,23,26)(H,27,28). The van der Waals surface area contributed by atoms with E-state index in [4.69, 9.17) is 16.2 Å². The molecular weight excluding hydrogens is 395 g/mol. The molecule has 1 unspecified atom stereocenters. The molecule has 0 aliphatic carbocycles. The van der Waals surface area contributed by atoms with Crippen molar-refractivity contribution in [2.45, 2.75) is 39.3 Å². The Bertz CT molecular complexity index is 949. The number of benzene rings is 1. The zero-order valence-electron chi connectivity index (χ0n) is 17.2. The minimum Gasteiger partial charge on any atom is -0.480 e. The number of hydrogen-bond donors (Lipinski definition) is 3. The van der Waals surface area contributed by atoms with Crippen molar-refractivity contribution in [3.05, 3.63) is 40.7 Å². The number of halogens is 1. The van der Waals surface area contributed by atoms with Crippen LogP contribution in [0.1, 0.15) is 31.9 Å². The van der Waals surface area contributed by atoms with E-state index in [0.29, 0.717) is 11.1 Å². The summed E-state index contributed by atoms with van der Waals surface area (Å²) in [5.41, 5.74) is 11.0. The van der Waals surface area contributed by atoms with Crippen LogP contribution < -0.4 is 11.5 Å². The molecule has 0 spiro atoms. The number of carbonyl (C=O) groups excluding carboxylic acids is 2.